The van der Waals surface area contributed by atoms with Gasteiger partial charge in [-0.2, -0.15) is 13.2 Å². The largest absolute Gasteiger partial charge is 0.419 e. The molecular weight excluding hydrogens is 293 g/mol. The summed E-state index contributed by atoms with van der Waals surface area (Å²) in [6, 6.07) is 6.74. The molecule has 7 heteroatoms. The van der Waals surface area contributed by atoms with Crippen LogP contribution in [0.2, 0.25) is 0 Å². The van der Waals surface area contributed by atoms with Crippen LogP contribution in [-0.4, -0.2) is 5.91 Å². The highest BCUT2D eigenvalue weighted by atomic mass is 19.4. The van der Waals surface area contributed by atoms with E-state index in [1.165, 1.54) is 12.1 Å². The van der Waals surface area contributed by atoms with E-state index in [0.717, 1.165) is 18.2 Å². The molecule has 0 aliphatic carbocycles. The second-order valence-corrected chi connectivity index (χ2v) is 4.16. The normalized spacial score (nSPS) is 11.3. The zero-order chi connectivity index (χ0) is 15.6. The Bertz CT molecular complexity index is 681. The van der Waals surface area contributed by atoms with Crippen LogP contribution in [0.1, 0.15) is 15.9 Å². The monoisotopic (exact) mass is 301 g/mol. The number of benzene rings is 2. The van der Waals surface area contributed by atoms with Crippen molar-refractivity contribution in [1.29, 1.82) is 0 Å². The van der Waals surface area contributed by atoms with Gasteiger partial charge in [-0.1, -0.05) is 6.07 Å². The van der Waals surface area contributed by atoms with Gasteiger partial charge in [0.1, 0.15) is 11.6 Å². The van der Waals surface area contributed by atoms with E-state index >= 15 is 0 Å². The molecule has 2 aromatic carbocycles. The van der Waals surface area contributed by atoms with Crippen LogP contribution < -0.4 is 5.32 Å². The molecule has 0 saturated heterocycles. The first kappa shape index (κ1) is 15.0. The number of halogens is 5. The van der Waals surface area contributed by atoms with E-state index in [2.05, 4.69) is 5.32 Å². The van der Waals surface area contributed by atoms with E-state index in [0.29, 0.717) is 12.1 Å². The average Bonchev–Trinajstić information content (AvgIpc) is 2.37. The molecule has 0 atom stereocenters. The van der Waals surface area contributed by atoms with Gasteiger partial charge < -0.3 is 5.32 Å². The van der Waals surface area contributed by atoms with Crippen LogP contribution >= 0.6 is 0 Å². The summed E-state index contributed by atoms with van der Waals surface area (Å²) < 4.78 is 63.7. The van der Waals surface area contributed by atoms with Crippen molar-refractivity contribution in [1.82, 2.24) is 0 Å². The quantitative estimate of drug-likeness (QED) is 0.826. The molecule has 2 rings (SSSR count). The molecule has 1 N–H and O–H groups in total. The fraction of sp³-hybridized carbons (Fsp3) is 0.0714. The summed E-state index contributed by atoms with van der Waals surface area (Å²) in [7, 11) is 0. The number of hydrogen-bond donors (Lipinski definition) is 1. The van der Waals surface area contributed by atoms with Crippen molar-refractivity contribution in [2.24, 2.45) is 0 Å². The number of nitrogens with one attached hydrogen (secondary N) is 1. The van der Waals surface area contributed by atoms with Crippen molar-refractivity contribution >= 4 is 11.6 Å². The van der Waals surface area contributed by atoms with E-state index in [1.54, 1.807) is 0 Å². The molecule has 2 nitrogen and oxygen atoms in total. The highest BCUT2D eigenvalue weighted by Gasteiger charge is 2.34. The van der Waals surface area contributed by atoms with Crippen molar-refractivity contribution in [2.45, 2.75) is 6.18 Å². The number of amides is 1. The van der Waals surface area contributed by atoms with Gasteiger partial charge in [0, 0.05) is 11.3 Å². The Hall–Kier alpha value is -2.44. The fourth-order valence-corrected chi connectivity index (χ4v) is 1.65. The lowest BCUT2D eigenvalue weighted by atomic mass is 10.1. The Balaban J connectivity index is 2.28. The Morgan fingerprint density at radius 3 is 2.33 bits per heavy atom. The molecule has 21 heavy (non-hydrogen) atoms. The number of anilines is 1. The molecule has 2 aromatic rings. The molecule has 0 spiro atoms. The van der Waals surface area contributed by atoms with Gasteiger partial charge in [0.05, 0.1) is 5.56 Å². The van der Waals surface area contributed by atoms with Crippen LogP contribution in [0, 0.1) is 11.6 Å². The van der Waals surface area contributed by atoms with Crippen LogP contribution in [-0.2, 0) is 6.18 Å². The molecule has 0 unspecified atom stereocenters. The Morgan fingerprint density at radius 2 is 1.71 bits per heavy atom. The minimum absolute atomic E-state index is 0.0814. The maximum absolute atomic E-state index is 13.1. The molecule has 0 saturated carbocycles. The molecule has 1 amide bonds. The second-order valence-electron chi connectivity index (χ2n) is 4.16. The van der Waals surface area contributed by atoms with Gasteiger partial charge in [0.2, 0.25) is 0 Å². The third-order valence-electron chi connectivity index (χ3n) is 2.62. The van der Waals surface area contributed by atoms with Crippen LogP contribution in [0.4, 0.5) is 27.6 Å². The zero-order valence-electron chi connectivity index (χ0n) is 10.3. The molecule has 0 fully saturated rings. The number of alkyl halides is 3. The summed E-state index contributed by atoms with van der Waals surface area (Å²) in [5.41, 5.74) is -1.83. The van der Waals surface area contributed by atoms with Gasteiger partial charge in [-0.15, -0.1) is 0 Å². The first-order valence-electron chi connectivity index (χ1n) is 5.71. The summed E-state index contributed by atoms with van der Waals surface area (Å²) in [5.74, 6) is -2.97. The molecule has 110 valence electrons. The molecule has 0 aliphatic rings. The lowest BCUT2D eigenvalue weighted by molar-refractivity contribution is -0.140. The van der Waals surface area contributed by atoms with Gasteiger partial charge in [-0.05, 0) is 36.4 Å². The van der Waals surface area contributed by atoms with E-state index in [-0.39, 0.29) is 11.3 Å². The smallest absolute Gasteiger partial charge is 0.322 e. The fourth-order valence-electron chi connectivity index (χ4n) is 1.65. The predicted octanol–water partition coefficient (Wildman–Crippen LogP) is 4.24. The van der Waals surface area contributed by atoms with Crippen LogP contribution in [0.25, 0.3) is 0 Å². The SMILES string of the molecule is O=C(Nc1cccc(F)c1)c1ccc(F)c(C(F)(F)F)c1. The molecular formula is C14H8F5NO. The van der Waals surface area contributed by atoms with E-state index in [9.17, 15) is 26.7 Å². The number of carbonyl (C=O) groups is 1. The third kappa shape index (κ3) is 3.56. The summed E-state index contributed by atoms with van der Waals surface area (Å²) >= 11 is 0. The van der Waals surface area contributed by atoms with Crippen molar-refractivity contribution in [3.8, 4) is 0 Å². The molecule has 0 aliphatic heterocycles. The van der Waals surface area contributed by atoms with Gasteiger partial charge in [-0.25, -0.2) is 8.78 Å². The Morgan fingerprint density at radius 1 is 1.00 bits per heavy atom. The molecule has 0 radical (unpaired) electrons. The van der Waals surface area contributed by atoms with Crippen LogP contribution in [0.15, 0.2) is 42.5 Å². The maximum Gasteiger partial charge on any atom is 0.419 e. The van der Waals surface area contributed by atoms with Crippen molar-refractivity contribution in [3.63, 3.8) is 0 Å². The highest BCUT2D eigenvalue weighted by molar-refractivity contribution is 6.04. The third-order valence-corrected chi connectivity index (χ3v) is 2.62. The predicted molar refractivity (Wildman–Crippen MR) is 65.8 cm³/mol. The first-order chi connectivity index (χ1) is 9.77. The van der Waals surface area contributed by atoms with E-state index < -0.39 is 29.3 Å². The Kier molecular flexibility index (Phi) is 3.93. The van der Waals surface area contributed by atoms with Crippen LogP contribution in [0.3, 0.4) is 0 Å². The average molecular weight is 301 g/mol. The lowest BCUT2D eigenvalue weighted by Crippen LogP contribution is -2.15. The number of carbonyl (C=O) groups excluding carboxylic acids is 1. The van der Waals surface area contributed by atoms with Gasteiger partial charge in [0.15, 0.2) is 0 Å². The number of rotatable bonds is 2. The summed E-state index contributed by atoms with van der Waals surface area (Å²) in [5, 5.41) is 2.23. The standard InChI is InChI=1S/C14H8F5NO/c15-9-2-1-3-10(7-9)20-13(21)8-4-5-12(16)11(6-8)14(17,18)19/h1-7H,(H,20,21). The summed E-state index contributed by atoms with van der Waals surface area (Å²) in [6.45, 7) is 0. The summed E-state index contributed by atoms with van der Waals surface area (Å²) in [6.07, 6.45) is -4.90. The first-order valence-corrected chi connectivity index (χ1v) is 5.71. The maximum atomic E-state index is 13.1. The van der Waals surface area contributed by atoms with Crippen molar-refractivity contribution in [3.05, 3.63) is 65.2 Å². The van der Waals surface area contributed by atoms with Crippen molar-refractivity contribution < 1.29 is 26.7 Å². The summed E-state index contributed by atoms with van der Waals surface area (Å²) in [4.78, 5) is 11.8. The van der Waals surface area contributed by atoms with Crippen molar-refractivity contribution in [2.75, 3.05) is 5.32 Å². The van der Waals surface area contributed by atoms with Gasteiger partial charge in [-0.3, -0.25) is 4.79 Å². The molecule has 0 aromatic heterocycles. The minimum Gasteiger partial charge on any atom is -0.322 e. The molecule has 0 bridgehead atoms. The highest BCUT2D eigenvalue weighted by Crippen LogP contribution is 2.32. The Labute approximate surface area is 116 Å². The van der Waals surface area contributed by atoms with E-state index in [1.807, 2.05) is 0 Å². The van der Waals surface area contributed by atoms with Gasteiger partial charge in [0.25, 0.3) is 5.91 Å². The lowest BCUT2D eigenvalue weighted by Gasteiger charge is -2.10. The van der Waals surface area contributed by atoms with E-state index in [4.69, 9.17) is 0 Å². The van der Waals surface area contributed by atoms with Crippen LogP contribution in [0.5, 0.6) is 0 Å². The van der Waals surface area contributed by atoms with Gasteiger partial charge >= 0.3 is 6.18 Å². The minimum atomic E-state index is -4.90. The molecule has 0 heterocycles. The number of hydrogen-bond acceptors (Lipinski definition) is 1. The topological polar surface area (TPSA) is 29.1 Å². The zero-order valence-corrected chi connectivity index (χ0v) is 10.3. The second kappa shape index (κ2) is 5.51.